The van der Waals surface area contributed by atoms with Crippen molar-refractivity contribution in [2.24, 2.45) is 0 Å². The van der Waals surface area contributed by atoms with Gasteiger partial charge in [0.1, 0.15) is 0 Å². The molecule has 0 radical (unpaired) electrons. The van der Waals surface area contributed by atoms with Gasteiger partial charge in [0.2, 0.25) is 0 Å². The van der Waals surface area contributed by atoms with E-state index in [4.69, 9.17) is 14.8 Å². The SMILES string of the molecule is O=S(=O)(O)CCO.OCCN1CCNCC1. The highest BCUT2D eigenvalue weighted by Crippen LogP contribution is 1.88. The van der Waals surface area contributed by atoms with Crippen LogP contribution in [0, 0.1) is 0 Å². The van der Waals surface area contributed by atoms with Crippen LogP contribution in [-0.2, 0) is 10.1 Å². The molecule has 0 saturated carbocycles. The molecule has 0 aromatic heterocycles. The van der Waals surface area contributed by atoms with Gasteiger partial charge in [-0.3, -0.25) is 9.45 Å². The van der Waals surface area contributed by atoms with E-state index < -0.39 is 22.5 Å². The highest BCUT2D eigenvalue weighted by atomic mass is 32.2. The van der Waals surface area contributed by atoms with Crippen molar-refractivity contribution in [3.63, 3.8) is 0 Å². The molecule has 0 spiro atoms. The van der Waals surface area contributed by atoms with E-state index in [1.165, 1.54) is 0 Å². The van der Waals surface area contributed by atoms with Crippen molar-refractivity contribution >= 4 is 10.1 Å². The monoisotopic (exact) mass is 256 g/mol. The number of piperazine rings is 1. The van der Waals surface area contributed by atoms with Crippen molar-refractivity contribution in [1.82, 2.24) is 10.2 Å². The van der Waals surface area contributed by atoms with E-state index in [9.17, 15) is 8.42 Å². The summed E-state index contributed by atoms with van der Waals surface area (Å²) in [7, 11) is -3.92. The first-order valence-electron chi connectivity index (χ1n) is 5.09. The molecular formula is C8H20N2O5S. The highest BCUT2D eigenvalue weighted by Gasteiger charge is 2.06. The number of rotatable bonds is 4. The molecule has 8 heteroatoms. The first-order valence-corrected chi connectivity index (χ1v) is 6.70. The Morgan fingerprint density at radius 3 is 2.00 bits per heavy atom. The number of nitrogens with one attached hydrogen (secondary N) is 1. The third-order valence-corrected chi connectivity index (χ3v) is 2.67. The summed E-state index contributed by atoms with van der Waals surface area (Å²) < 4.78 is 27.1. The topological polar surface area (TPSA) is 110 Å². The average molecular weight is 256 g/mol. The van der Waals surface area contributed by atoms with Gasteiger partial charge in [0.25, 0.3) is 10.1 Å². The molecule has 1 fully saturated rings. The molecule has 16 heavy (non-hydrogen) atoms. The van der Waals surface area contributed by atoms with Gasteiger partial charge in [0.05, 0.1) is 19.0 Å². The first-order chi connectivity index (χ1) is 7.49. The number of hydrogen-bond acceptors (Lipinski definition) is 6. The molecule has 1 heterocycles. The van der Waals surface area contributed by atoms with Gasteiger partial charge in [-0.25, -0.2) is 0 Å². The Labute approximate surface area is 95.8 Å². The molecule has 4 N–H and O–H groups in total. The minimum atomic E-state index is -3.92. The van der Waals surface area contributed by atoms with Crippen LogP contribution in [0.15, 0.2) is 0 Å². The number of nitrogens with zero attached hydrogens (tertiary/aromatic N) is 1. The first kappa shape index (κ1) is 15.8. The van der Waals surface area contributed by atoms with Crippen LogP contribution in [0.4, 0.5) is 0 Å². The minimum absolute atomic E-state index is 0.292. The Balaban J connectivity index is 0.000000293. The maximum absolute atomic E-state index is 9.63. The Kier molecular flexibility index (Phi) is 8.71. The Hall–Kier alpha value is -0.250. The van der Waals surface area contributed by atoms with Gasteiger partial charge in [-0.2, -0.15) is 8.42 Å². The Morgan fingerprint density at radius 1 is 1.12 bits per heavy atom. The summed E-state index contributed by atoms with van der Waals surface area (Å²) in [5.74, 6) is -0.576. The fourth-order valence-corrected chi connectivity index (χ4v) is 1.42. The molecule has 0 aliphatic carbocycles. The molecule has 0 aromatic rings. The number of β-amino-alcohol motifs (C(OH)–C–C–N with tert-alkyl or cyclic N) is 1. The quantitative estimate of drug-likeness (QED) is 0.421. The van der Waals surface area contributed by atoms with E-state index in [2.05, 4.69) is 10.2 Å². The van der Waals surface area contributed by atoms with Crippen LogP contribution in [0.3, 0.4) is 0 Å². The van der Waals surface area contributed by atoms with Gasteiger partial charge in [0, 0.05) is 32.7 Å². The second-order valence-electron chi connectivity index (χ2n) is 3.32. The van der Waals surface area contributed by atoms with Gasteiger partial charge in [-0.1, -0.05) is 0 Å². The van der Waals surface area contributed by atoms with Crippen LogP contribution in [0.2, 0.25) is 0 Å². The van der Waals surface area contributed by atoms with Gasteiger partial charge >= 0.3 is 0 Å². The summed E-state index contributed by atoms with van der Waals surface area (Å²) >= 11 is 0. The van der Waals surface area contributed by atoms with Gasteiger partial charge in [-0.05, 0) is 0 Å². The zero-order chi connectivity index (χ0) is 12.4. The van der Waals surface area contributed by atoms with Crippen molar-refractivity contribution in [3.8, 4) is 0 Å². The van der Waals surface area contributed by atoms with Gasteiger partial charge in [0.15, 0.2) is 0 Å². The number of aliphatic hydroxyl groups is 2. The summed E-state index contributed by atoms with van der Waals surface area (Å²) in [6.45, 7) is 4.90. The lowest BCUT2D eigenvalue weighted by Gasteiger charge is -2.25. The van der Waals surface area contributed by atoms with Crippen LogP contribution in [0.1, 0.15) is 0 Å². The predicted molar refractivity (Wildman–Crippen MR) is 59.9 cm³/mol. The summed E-state index contributed by atoms with van der Waals surface area (Å²) in [4.78, 5) is 2.26. The van der Waals surface area contributed by atoms with Crippen LogP contribution in [-0.4, -0.2) is 79.8 Å². The van der Waals surface area contributed by atoms with Crippen LogP contribution >= 0.6 is 0 Å². The smallest absolute Gasteiger partial charge is 0.267 e. The molecule has 0 bridgehead atoms. The van der Waals surface area contributed by atoms with Gasteiger partial charge in [-0.15, -0.1) is 0 Å². The molecule has 1 saturated heterocycles. The molecule has 0 amide bonds. The van der Waals surface area contributed by atoms with Crippen LogP contribution < -0.4 is 5.32 Å². The minimum Gasteiger partial charge on any atom is -0.395 e. The van der Waals surface area contributed by atoms with E-state index >= 15 is 0 Å². The van der Waals surface area contributed by atoms with Crippen LogP contribution in [0.25, 0.3) is 0 Å². The summed E-state index contributed by atoms with van der Waals surface area (Å²) in [6.07, 6.45) is 0. The Bertz CT molecular complexity index is 248. The van der Waals surface area contributed by atoms with Crippen molar-refractivity contribution < 1.29 is 23.2 Å². The van der Waals surface area contributed by atoms with Crippen molar-refractivity contribution in [2.45, 2.75) is 0 Å². The van der Waals surface area contributed by atoms with E-state index in [-0.39, 0.29) is 0 Å². The van der Waals surface area contributed by atoms with E-state index in [1.54, 1.807) is 0 Å². The van der Waals surface area contributed by atoms with Crippen molar-refractivity contribution in [1.29, 1.82) is 0 Å². The molecule has 98 valence electrons. The largest absolute Gasteiger partial charge is 0.395 e. The molecule has 7 nitrogen and oxygen atoms in total. The fourth-order valence-electron chi connectivity index (χ4n) is 1.19. The normalized spacial score (nSPS) is 17.7. The zero-order valence-electron chi connectivity index (χ0n) is 9.17. The molecule has 1 aliphatic heterocycles. The molecule has 1 rings (SSSR count). The predicted octanol–water partition coefficient (Wildman–Crippen LogP) is -2.25. The number of hydrogen-bond donors (Lipinski definition) is 4. The molecule has 0 unspecified atom stereocenters. The lowest BCUT2D eigenvalue weighted by molar-refractivity contribution is 0.180. The third kappa shape index (κ3) is 10.3. The summed E-state index contributed by atoms with van der Waals surface area (Å²) in [6, 6.07) is 0. The standard InChI is InChI=1S/C6H14N2O.C2H6O4S/c9-6-5-8-3-1-7-2-4-8;3-1-2-7(4,5)6/h7,9H,1-6H2;3H,1-2H2,(H,4,5,6). The fraction of sp³-hybridized carbons (Fsp3) is 1.00. The number of aliphatic hydroxyl groups excluding tert-OH is 2. The van der Waals surface area contributed by atoms with Gasteiger partial charge < -0.3 is 15.5 Å². The Morgan fingerprint density at radius 2 is 1.69 bits per heavy atom. The molecular weight excluding hydrogens is 236 g/mol. The summed E-state index contributed by atoms with van der Waals surface area (Å²) in [5.41, 5.74) is 0. The molecule has 0 atom stereocenters. The molecule has 1 aliphatic rings. The van der Waals surface area contributed by atoms with E-state index in [0.717, 1.165) is 32.7 Å². The zero-order valence-corrected chi connectivity index (χ0v) is 9.99. The van der Waals surface area contributed by atoms with Crippen LogP contribution in [0.5, 0.6) is 0 Å². The average Bonchev–Trinajstić information content (AvgIpc) is 2.19. The van der Waals surface area contributed by atoms with Crippen molar-refractivity contribution in [2.75, 3.05) is 51.7 Å². The maximum atomic E-state index is 9.63. The second kappa shape index (κ2) is 8.85. The lowest BCUT2D eigenvalue weighted by Crippen LogP contribution is -2.44. The van der Waals surface area contributed by atoms with E-state index in [0.29, 0.717) is 6.61 Å². The highest BCUT2D eigenvalue weighted by molar-refractivity contribution is 7.85. The lowest BCUT2D eigenvalue weighted by atomic mass is 10.4. The van der Waals surface area contributed by atoms with E-state index in [1.807, 2.05) is 0 Å². The summed E-state index contributed by atoms with van der Waals surface area (Å²) in [5, 5.41) is 19.7. The second-order valence-corrected chi connectivity index (χ2v) is 4.90. The molecule has 0 aromatic carbocycles. The maximum Gasteiger partial charge on any atom is 0.267 e. The third-order valence-electron chi connectivity index (χ3n) is 1.98. The van der Waals surface area contributed by atoms with Crippen molar-refractivity contribution in [3.05, 3.63) is 0 Å².